The maximum atomic E-state index is 10.5. The van der Waals surface area contributed by atoms with Crippen LogP contribution in [0.3, 0.4) is 0 Å². The van der Waals surface area contributed by atoms with Crippen molar-refractivity contribution in [2.45, 2.75) is 51.0 Å². The Morgan fingerprint density at radius 3 is 3.13 bits per heavy atom. The van der Waals surface area contributed by atoms with E-state index in [1.54, 1.807) is 4.88 Å². The predicted molar refractivity (Wildman–Crippen MR) is 63.3 cm³/mol. The molecule has 1 nitrogen and oxygen atoms in total. The van der Waals surface area contributed by atoms with E-state index in [0.29, 0.717) is 5.92 Å². The predicted octanol–water partition coefficient (Wildman–Crippen LogP) is 3.24. The Hall–Kier alpha value is -0.340. The fraction of sp³-hybridized carbons (Fsp3) is 0.692. The largest absolute Gasteiger partial charge is 0.384 e. The second-order valence-corrected chi connectivity index (χ2v) is 6.16. The Bertz CT molecular complexity index is 360. The van der Waals surface area contributed by atoms with Crippen molar-refractivity contribution in [2.75, 3.05) is 0 Å². The summed E-state index contributed by atoms with van der Waals surface area (Å²) in [6.07, 6.45) is 7.17. The first kappa shape index (κ1) is 9.86. The topological polar surface area (TPSA) is 20.2 Å². The van der Waals surface area contributed by atoms with Gasteiger partial charge in [0.15, 0.2) is 0 Å². The van der Waals surface area contributed by atoms with Gasteiger partial charge < -0.3 is 5.11 Å². The number of fused-ring (bicyclic) bond motifs is 1. The van der Waals surface area contributed by atoms with Crippen LogP contribution in [0.2, 0.25) is 0 Å². The lowest BCUT2D eigenvalue weighted by atomic mass is 10.1. The Labute approximate surface area is 95.1 Å². The van der Waals surface area contributed by atoms with E-state index in [1.165, 1.54) is 42.5 Å². The average Bonchev–Trinajstić information content (AvgIpc) is 2.62. The molecule has 1 fully saturated rings. The third kappa shape index (κ3) is 1.46. The zero-order valence-corrected chi connectivity index (χ0v) is 10.1. The van der Waals surface area contributed by atoms with Gasteiger partial charge in [-0.25, -0.2) is 0 Å². The number of hydrogen-bond acceptors (Lipinski definition) is 2. The molecule has 0 saturated heterocycles. The number of aliphatic hydroxyl groups is 1. The van der Waals surface area contributed by atoms with Crippen LogP contribution in [-0.4, -0.2) is 5.11 Å². The summed E-state index contributed by atoms with van der Waals surface area (Å²) in [4.78, 5) is 2.80. The van der Waals surface area contributed by atoms with Gasteiger partial charge in [0.05, 0.1) is 0 Å². The van der Waals surface area contributed by atoms with Crippen molar-refractivity contribution in [1.29, 1.82) is 0 Å². The molecule has 1 saturated carbocycles. The molecule has 3 rings (SSSR count). The highest BCUT2D eigenvalue weighted by atomic mass is 32.1. The molecular weight excluding hydrogens is 204 g/mol. The second-order valence-electron chi connectivity index (χ2n) is 5.03. The van der Waals surface area contributed by atoms with Crippen molar-refractivity contribution in [1.82, 2.24) is 0 Å². The van der Waals surface area contributed by atoms with Gasteiger partial charge >= 0.3 is 0 Å². The molecule has 2 atom stereocenters. The Morgan fingerprint density at radius 2 is 2.40 bits per heavy atom. The maximum Gasteiger partial charge on any atom is 0.102 e. The minimum Gasteiger partial charge on any atom is -0.384 e. The fourth-order valence-electron chi connectivity index (χ4n) is 2.85. The fourth-order valence-corrected chi connectivity index (χ4v) is 4.28. The minimum atomic E-state index is -0.426. The average molecular weight is 222 g/mol. The summed E-state index contributed by atoms with van der Waals surface area (Å²) in [6.45, 7) is 2.20. The summed E-state index contributed by atoms with van der Waals surface area (Å²) in [5, 5.41) is 10.5. The number of hydrogen-bond donors (Lipinski definition) is 1. The molecule has 1 aromatic heterocycles. The van der Waals surface area contributed by atoms with E-state index in [9.17, 15) is 5.11 Å². The van der Waals surface area contributed by atoms with Gasteiger partial charge in [-0.3, -0.25) is 0 Å². The van der Waals surface area contributed by atoms with Crippen LogP contribution >= 0.6 is 11.3 Å². The highest BCUT2D eigenvalue weighted by molar-refractivity contribution is 7.12. The molecule has 2 aliphatic carbocycles. The minimum absolute atomic E-state index is 0.426. The van der Waals surface area contributed by atoms with Crippen LogP contribution in [0.1, 0.15) is 47.9 Å². The van der Waals surface area contributed by atoms with Crippen LogP contribution in [-0.2, 0) is 18.4 Å². The maximum absolute atomic E-state index is 10.5. The monoisotopic (exact) mass is 222 g/mol. The number of thiophene rings is 1. The number of rotatable bonds is 3. The third-order valence-corrected chi connectivity index (χ3v) is 5.29. The van der Waals surface area contributed by atoms with E-state index in [-0.39, 0.29) is 0 Å². The molecule has 0 amide bonds. The summed E-state index contributed by atoms with van der Waals surface area (Å²) in [5.74, 6) is 0.543. The van der Waals surface area contributed by atoms with Crippen molar-refractivity contribution in [2.24, 2.45) is 5.92 Å². The van der Waals surface area contributed by atoms with Gasteiger partial charge in [-0.1, -0.05) is 13.3 Å². The molecule has 0 bridgehead atoms. The van der Waals surface area contributed by atoms with Crippen LogP contribution in [0.15, 0.2) is 6.07 Å². The second kappa shape index (κ2) is 3.33. The zero-order chi connectivity index (χ0) is 10.5. The third-order valence-electron chi connectivity index (χ3n) is 3.88. The van der Waals surface area contributed by atoms with Gasteiger partial charge in [0.1, 0.15) is 5.60 Å². The first-order valence-corrected chi connectivity index (χ1v) is 6.90. The van der Waals surface area contributed by atoms with Gasteiger partial charge in [-0.05, 0) is 49.7 Å². The lowest BCUT2D eigenvalue weighted by Gasteiger charge is -2.07. The van der Waals surface area contributed by atoms with E-state index >= 15 is 0 Å². The zero-order valence-electron chi connectivity index (χ0n) is 9.25. The molecule has 2 unspecified atom stereocenters. The summed E-state index contributed by atoms with van der Waals surface area (Å²) < 4.78 is 0. The molecule has 2 aliphatic rings. The van der Waals surface area contributed by atoms with Crippen LogP contribution < -0.4 is 0 Å². The van der Waals surface area contributed by atoms with Crippen LogP contribution in [0.5, 0.6) is 0 Å². The Balaban J connectivity index is 1.82. The lowest BCUT2D eigenvalue weighted by Crippen LogP contribution is -2.06. The van der Waals surface area contributed by atoms with Crippen molar-refractivity contribution >= 4 is 11.3 Å². The molecule has 0 aromatic carbocycles. The van der Waals surface area contributed by atoms with Gasteiger partial charge in [0.2, 0.25) is 0 Å². The Kier molecular flexibility index (Phi) is 2.18. The standard InChI is InChI=1S/C13H18OS/c1-2-4-10-8-13(10,14)12-7-9-5-3-6-11(9)15-12/h7,10,14H,2-6,8H2,1H3. The molecule has 0 radical (unpaired) electrons. The van der Waals surface area contributed by atoms with Crippen LogP contribution in [0, 0.1) is 5.92 Å². The molecule has 0 aliphatic heterocycles. The number of aryl methyl sites for hydroxylation is 2. The van der Waals surface area contributed by atoms with E-state index < -0.39 is 5.60 Å². The molecular formula is C13H18OS. The van der Waals surface area contributed by atoms with E-state index in [0.717, 1.165) is 6.42 Å². The molecule has 0 spiro atoms. The first-order valence-electron chi connectivity index (χ1n) is 6.08. The Morgan fingerprint density at radius 1 is 1.53 bits per heavy atom. The van der Waals surface area contributed by atoms with Crippen molar-refractivity contribution in [3.8, 4) is 0 Å². The highest BCUT2D eigenvalue weighted by Gasteiger charge is 2.54. The summed E-state index contributed by atoms with van der Waals surface area (Å²) >= 11 is 1.87. The first-order chi connectivity index (χ1) is 7.24. The summed E-state index contributed by atoms with van der Waals surface area (Å²) in [5.41, 5.74) is 1.09. The highest BCUT2D eigenvalue weighted by Crippen LogP contribution is 2.56. The molecule has 1 aromatic rings. The lowest BCUT2D eigenvalue weighted by molar-refractivity contribution is 0.133. The normalized spacial score (nSPS) is 33.1. The van der Waals surface area contributed by atoms with Crippen LogP contribution in [0.4, 0.5) is 0 Å². The smallest absolute Gasteiger partial charge is 0.102 e. The molecule has 1 N–H and O–H groups in total. The van der Waals surface area contributed by atoms with Crippen molar-refractivity contribution in [3.63, 3.8) is 0 Å². The van der Waals surface area contributed by atoms with Gasteiger partial charge in [-0.2, -0.15) is 0 Å². The molecule has 1 heterocycles. The molecule has 2 heteroatoms. The van der Waals surface area contributed by atoms with Crippen molar-refractivity contribution < 1.29 is 5.11 Å². The van der Waals surface area contributed by atoms with Gasteiger partial charge in [0.25, 0.3) is 0 Å². The van der Waals surface area contributed by atoms with Gasteiger partial charge in [0, 0.05) is 9.75 Å². The quantitative estimate of drug-likeness (QED) is 0.832. The molecule has 82 valence electrons. The van der Waals surface area contributed by atoms with Crippen LogP contribution in [0.25, 0.3) is 0 Å². The summed E-state index contributed by atoms with van der Waals surface area (Å²) in [6, 6.07) is 2.28. The van der Waals surface area contributed by atoms with E-state index in [4.69, 9.17) is 0 Å². The van der Waals surface area contributed by atoms with E-state index in [2.05, 4.69) is 13.0 Å². The summed E-state index contributed by atoms with van der Waals surface area (Å²) in [7, 11) is 0. The van der Waals surface area contributed by atoms with Crippen molar-refractivity contribution in [3.05, 3.63) is 21.4 Å². The SMILES string of the molecule is CCCC1CC1(O)c1cc2c(s1)CCC2. The van der Waals surface area contributed by atoms with E-state index in [1.807, 2.05) is 11.3 Å². The van der Waals surface area contributed by atoms with Gasteiger partial charge in [-0.15, -0.1) is 11.3 Å². The molecule has 15 heavy (non-hydrogen) atoms.